The molecule has 0 saturated carbocycles. The molecule has 30 heavy (non-hydrogen) atoms. The van der Waals surface area contributed by atoms with E-state index < -0.39 is 0 Å². The second kappa shape index (κ2) is 9.11. The number of methoxy groups -OCH3 is 1. The largest absolute Gasteiger partial charge is 0.490 e. The van der Waals surface area contributed by atoms with E-state index in [1.165, 1.54) is 5.56 Å². The number of piperidine rings is 1. The zero-order valence-electron chi connectivity index (χ0n) is 17.4. The lowest BCUT2D eigenvalue weighted by molar-refractivity contribution is 0.171. The Hall–Kier alpha value is -2.50. The van der Waals surface area contributed by atoms with Crippen LogP contribution in [0.5, 0.6) is 5.75 Å². The second-order valence-corrected chi connectivity index (χ2v) is 8.22. The van der Waals surface area contributed by atoms with Gasteiger partial charge in [0, 0.05) is 56.6 Å². The molecule has 5 nitrogen and oxygen atoms in total. The monoisotopic (exact) mass is 426 g/mol. The fraction of sp³-hybridized carbons (Fsp3) is 0.375. The molecule has 3 aromatic rings. The summed E-state index contributed by atoms with van der Waals surface area (Å²) in [5.74, 6) is 0.848. The van der Waals surface area contributed by atoms with Gasteiger partial charge in [-0.1, -0.05) is 23.7 Å². The first-order valence-electron chi connectivity index (χ1n) is 10.3. The molecule has 0 atom stereocenters. The third kappa shape index (κ3) is 4.47. The molecule has 0 bridgehead atoms. The Morgan fingerprint density at radius 2 is 1.80 bits per heavy atom. The van der Waals surface area contributed by atoms with E-state index in [1.807, 2.05) is 31.3 Å². The van der Waals surface area contributed by atoms with Gasteiger partial charge in [0.25, 0.3) is 5.56 Å². The number of aromatic nitrogens is 1. The van der Waals surface area contributed by atoms with E-state index in [0.29, 0.717) is 11.6 Å². The molecule has 2 heterocycles. The van der Waals surface area contributed by atoms with E-state index in [1.54, 1.807) is 17.7 Å². The minimum absolute atomic E-state index is 0.0147. The topological polar surface area (TPSA) is 43.7 Å². The van der Waals surface area contributed by atoms with Gasteiger partial charge in [0.05, 0.1) is 17.8 Å². The van der Waals surface area contributed by atoms with Crippen LogP contribution in [0.4, 0.5) is 5.69 Å². The van der Waals surface area contributed by atoms with Crippen molar-refractivity contribution in [2.75, 3.05) is 31.7 Å². The Balaban J connectivity index is 1.52. The van der Waals surface area contributed by atoms with Crippen LogP contribution >= 0.6 is 11.6 Å². The predicted octanol–water partition coefficient (Wildman–Crippen LogP) is 4.43. The first kappa shape index (κ1) is 20.8. The van der Waals surface area contributed by atoms with E-state index in [2.05, 4.69) is 23.1 Å². The van der Waals surface area contributed by atoms with E-state index in [-0.39, 0.29) is 11.7 Å². The molecule has 1 aliphatic rings. The number of pyridine rings is 1. The number of anilines is 1. The first-order valence-corrected chi connectivity index (χ1v) is 10.7. The van der Waals surface area contributed by atoms with Crippen molar-refractivity contribution in [2.45, 2.75) is 25.4 Å². The van der Waals surface area contributed by atoms with Crippen LogP contribution in [-0.4, -0.2) is 37.5 Å². The minimum Gasteiger partial charge on any atom is -0.490 e. The van der Waals surface area contributed by atoms with Crippen LogP contribution < -0.4 is 15.2 Å². The molecule has 2 aromatic carbocycles. The van der Waals surface area contributed by atoms with Gasteiger partial charge in [-0.15, -0.1) is 0 Å². The molecule has 1 aliphatic heterocycles. The van der Waals surface area contributed by atoms with Gasteiger partial charge < -0.3 is 18.9 Å². The van der Waals surface area contributed by atoms with Crippen molar-refractivity contribution in [1.82, 2.24) is 4.57 Å². The highest BCUT2D eigenvalue weighted by atomic mass is 35.5. The van der Waals surface area contributed by atoms with Gasteiger partial charge in [-0.25, -0.2) is 0 Å². The Labute approximate surface area is 181 Å². The van der Waals surface area contributed by atoms with Crippen LogP contribution in [0.15, 0.2) is 53.3 Å². The lowest BCUT2D eigenvalue weighted by atomic mass is 10.0. The summed E-state index contributed by atoms with van der Waals surface area (Å²) in [5, 5.41) is 1.82. The summed E-state index contributed by atoms with van der Waals surface area (Å²) in [6.45, 7) is 2.37. The molecule has 4 rings (SSSR count). The summed E-state index contributed by atoms with van der Waals surface area (Å²) in [5.41, 5.74) is 3.16. The van der Waals surface area contributed by atoms with Crippen LogP contribution in [-0.2, 0) is 18.2 Å². The van der Waals surface area contributed by atoms with Gasteiger partial charge in [0.15, 0.2) is 0 Å². The lowest BCUT2D eigenvalue weighted by Crippen LogP contribution is -2.39. The van der Waals surface area contributed by atoms with Crippen LogP contribution in [0.1, 0.15) is 18.4 Å². The molecule has 1 fully saturated rings. The zero-order valence-corrected chi connectivity index (χ0v) is 18.2. The molecule has 1 aromatic heterocycles. The number of hydrogen-bond donors (Lipinski definition) is 0. The van der Waals surface area contributed by atoms with Gasteiger partial charge >= 0.3 is 0 Å². The van der Waals surface area contributed by atoms with Crippen molar-refractivity contribution in [3.63, 3.8) is 0 Å². The van der Waals surface area contributed by atoms with Crippen LogP contribution in [0.3, 0.4) is 0 Å². The van der Waals surface area contributed by atoms with E-state index in [0.717, 1.165) is 54.7 Å². The first-order chi connectivity index (χ1) is 14.5. The lowest BCUT2D eigenvalue weighted by Gasteiger charge is -2.34. The van der Waals surface area contributed by atoms with Gasteiger partial charge in [0.1, 0.15) is 11.9 Å². The van der Waals surface area contributed by atoms with E-state index in [9.17, 15) is 4.79 Å². The molecule has 0 spiro atoms. The number of halogens is 1. The summed E-state index contributed by atoms with van der Waals surface area (Å²) >= 11 is 5.95. The quantitative estimate of drug-likeness (QED) is 0.585. The number of fused-ring (bicyclic) bond motifs is 1. The molecule has 0 radical (unpaired) electrons. The highest BCUT2D eigenvalue weighted by Crippen LogP contribution is 2.29. The average Bonchev–Trinajstić information content (AvgIpc) is 2.77. The number of rotatable bonds is 6. The van der Waals surface area contributed by atoms with Gasteiger partial charge in [-0.2, -0.15) is 0 Å². The smallest absolute Gasteiger partial charge is 0.252 e. The highest BCUT2D eigenvalue weighted by molar-refractivity contribution is 6.30. The maximum Gasteiger partial charge on any atom is 0.252 e. The summed E-state index contributed by atoms with van der Waals surface area (Å²) in [4.78, 5) is 14.9. The molecule has 6 heteroatoms. The molecule has 0 aliphatic carbocycles. The van der Waals surface area contributed by atoms with Crippen molar-refractivity contribution >= 4 is 28.2 Å². The number of nitrogens with zero attached hydrogens (tertiary/aromatic N) is 2. The van der Waals surface area contributed by atoms with E-state index in [4.69, 9.17) is 21.1 Å². The molecular weight excluding hydrogens is 400 g/mol. The highest BCUT2D eigenvalue weighted by Gasteiger charge is 2.23. The molecule has 0 unspecified atom stereocenters. The number of aryl methyl sites for hydroxylation is 1. The Bertz CT molecular complexity index is 1070. The number of benzene rings is 2. The fourth-order valence-corrected chi connectivity index (χ4v) is 4.16. The van der Waals surface area contributed by atoms with Gasteiger partial charge in [-0.3, -0.25) is 4.79 Å². The van der Waals surface area contributed by atoms with E-state index >= 15 is 0 Å². The van der Waals surface area contributed by atoms with Crippen molar-refractivity contribution in [3.05, 3.63) is 69.5 Å². The standard InChI is InChI=1S/C24H27ClN2O3/c1-26-22-15-17(11-14-29-2)3-8-21(22)23(16-24(26)28)27-12-9-20(10-13-27)30-19-6-4-18(25)5-7-19/h3-8,15-16,20H,9-14H2,1-2H3. The van der Waals surface area contributed by atoms with Crippen molar-refractivity contribution in [2.24, 2.45) is 7.05 Å². The summed E-state index contributed by atoms with van der Waals surface area (Å²) in [6, 6.07) is 15.6. The summed E-state index contributed by atoms with van der Waals surface area (Å²) in [7, 11) is 3.54. The minimum atomic E-state index is 0.0147. The van der Waals surface area contributed by atoms with Crippen molar-refractivity contribution in [1.29, 1.82) is 0 Å². The molecule has 0 amide bonds. The summed E-state index contributed by atoms with van der Waals surface area (Å²) < 4.78 is 13.0. The van der Waals surface area contributed by atoms with Crippen LogP contribution in [0.2, 0.25) is 5.02 Å². The summed E-state index contributed by atoms with van der Waals surface area (Å²) in [6.07, 6.45) is 2.82. The predicted molar refractivity (Wildman–Crippen MR) is 122 cm³/mol. The van der Waals surface area contributed by atoms with Crippen molar-refractivity contribution in [3.8, 4) is 5.75 Å². The average molecular weight is 427 g/mol. The normalized spacial score (nSPS) is 15.0. The van der Waals surface area contributed by atoms with Gasteiger partial charge in [-0.05, 0) is 42.3 Å². The molecule has 0 N–H and O–H groups in total. The SMILES string of the molecule is COCCc1ccc2c(N3CCC(Oc4ccc(Cl)cc4)CC3)cc(=O)n(C)c2c1. The Morgan fingerprint density at radius 3 is 2.50 bits per heavy atom. The zero-order chi connectivity index (χ0) is 21.1. The second-order valence-electron chi connectivity index (χ2n) is 7.78. The Kier molecular flexibility index (Phi) is 6.30. The maximum absolute atomic E-state index is 12.6. The molecule has 1 saturated heterocycles. The number of hydrogen-bond acceptors (Lipinski definition) is 4. The maximum atomic E-state index is 12.6. The van der Waals surface area contributed by atoms with Gasteiger partial charge in [0.2, 0.25) is 0 Å². The van der Waals surface area contributed by atoms with Crippen molar-refractivity contribution < 1.29 is 9.47 Å². The van der Waals surface area contributed by atoms with Crippen LogP contribution in [0.25, 0.3) is 10.9 Å². The molecule has 158 valence electrons. The fourth-order valence-electron chi connectivity index (χ4n) is 4.04. The molecular formula is C24H27ClN2O3. The third-order valence-corrected chi connectivity index (χ3v) is 6.04. The third-order valence-electron chi connectivity index (χ3n) is 5.78. The Morgan fingerprint density at radius 1 is 1.07 bits per heavy atom. The number of ether oxygens (including phenoxy) is 2. The van der Waals surface area contributed by atoms with Crippen LogP contribution in [0, 0.1) is 0 Å².